The topological polar surface area (TPSA) is 99.0 Å². The first-order valence-corrected chi connectivity index (χ1v) is 8.50. The van der Waals surface area contributed by atoms with Gasteiger partial charge >= 0.3 is 0 Å². The summed E-state index contributed by atoms with van der Waals surface area (Å²) in [6, 6.07) is 8.46. The molecule has 0 bridgehead atoms. The maximum atomic E-state index is 12.9. The number of nitrogens with zero attached hydrogens (tertiary/aromatic N) is 4. The molecular formula is C19H19N5O2. The molecule has 1 saturated heterocycles. The lowest BCUT2D eigenvalue weighted by Crippen LogP contribution is -2.46. The molecule has 0 unspecified atom stereocenters. The number of hydrogen-bond acceptors (Lipinski definition) is 5. The molecule has 2 atom stereocenters. The van der Waals surface area contributed by atoms with E-state index in [2.05, 4.69) is 15.3 Å². The maximum absolute atomic E-state index is 12.9. The van der Waals surface area contributed by atoms with Crippen LogP contribution in [0.15, 0.2) is 42.9 Å². The summed E-state index contributed by atoms with van der Waals surface area (Å²) in [6.07, 6.45) is 5.60. The second-order valence-corrected chi connectivity index (χ2v) is 6.08. The number of rotatable bonds is 4. The van der Waals surface area contributed by atoms with Crippen molar-refractivity contribution in [3.05, 3.63) is 54.0 Å². The zero-order valence-electron chi connectivity index (χ0n) is 14.4. The van der Waals surface area contributed by atoms with Gasteiger partial charge in [-0.25, -0.2) is 4.98 Å². The number of aromatic nitrogens is 2. The highest BCUT2D eigenvalue weighted by atomic mass is 16.2. The number of amides is 2. The van der Waals surface area contributed by atoms with E-state index in [9.17, 15) is 9.59 Å². The Kier molecular flexibility index (Phi) is 5.23. The first-order valence-electron chi connectivity index (χ1n) is 8.50. The van der Waals surface area contributed by atoms with E-state index in [4.69, 9.17) is 5.26 Å². The second-order valence-electron chi connectivity index (χ2n) is 6.08. The number of carbonyl (C=O) groups is 2. The normalized spacial score (nSPS) is 19.7. The largest absolute Gasteiger partial charge is 0.335 e. The van der Waals surface area contributed by atoms with Crippen LogP contribution in [-0.2, 0) is 9.59 Å². The highest BCUT2D eigenvalue weighted by Crippen LogP contribution is 2.37. The molecule has 0 aliphatic carbocycles. The number of nitriles is 1. The zero-order chi connectivity index (χ0) is 18.5. The maximum Gasteiger partial charge on any atom is 0.231 e. The van der Waals surface area contributed by atoms with Crippen LogP contribution in [0.25, 0.3) is 0 Å². The van der Waals surface area contributed by atoms with Crippen LogP contribution in [0.4, 0.5) is 5.82 Å². The molecule has 2 aromatic heterocycles. The van der Waals surface area contributed by atoms with Crippen molar-refractivity contribution in [1.82, 2.24) is 14.9 Å². The first-order chi connectivity index (χ1) is 12.6. The number of piperidine rings is 1. The molecule has 0 spiro atoms. The molecular weight excluding hydrogens is 330 g/mol. The molecule has 26 heavy (non-hydrogen) atoms. The van der Waals surface area contributed by atoms with Crippen molar-refractivity contribution in [2.75, 3.05) is 11.9 Å². The number of carbonyl (C=O) groups excluding carboxylic acids is 2. The van der Waals surface area contributed by atoms with Gasteiger partial charge in [-0.3, -0.25) is 14.6 Å². The van der Waals surface area contributed by atoms with Gasteiger partial charge in [0.1, 0.15) is 5.82 Å². The van der Waals surface area contributed by atoms with Gasteiger partial charge in [0.25, 0.3) is 0 Å². The predicted octanol–water partition coefficient (Wildman–Crippen LogP) is 2.29. The van der Waals surface area contributed by atoms with Crippen LogP contribution in [0.2, 0.25) is 0 Å². The summed E-state index contributed by atoms with van der Waals surface area (Å²) in [7, 11) is 0. The molecule has 0 saturated carbocycles. The summed E-state index contributed by atoms with van der Waals surface area (Å²) in [6.45, 7) is 2.43. The van der Waals surface area contributed by atoms with Crippen LogP contribution < -0.4 is 5.32 Å². The van der Waals surface area contributed by atoms with Crippen molar-refractivity contribution in [2.45, 2.75) is 25.8 Å². The quantitative estimate of drug-likeness (QED) is 0.913. The molecule has 7 heteroatoms. The molecule has 0 radical (unpaired) electrons. The van der Waals surface area contributed by atoms with E-state index in [1.165, 1.54) is 12.3 Å². The van der Waals surface area contributed by atoms with E-state index in [0.717, 1.165) is 5.56 Å². The number of pyridine rings is 2. The molecule has 1 aliphatic heterocycles. The number of likely N-dealkylation sites (tertiary alicyclic amines) is 1. The van der Waals surface area contributed by atoms with E-state index in [1.807, 2.05) is 25.1 Å². The fraction of sp³-hybridized carbons (Fsp3) is 0.316. The Labute approximate surface area is 151 Å². The summed E-state index contributed by atoms with van der Waals surface area (Å²) in [5.41, 5.74) is 1.31. The Bertz CT molecular complexity index is 847. The Morgan fingerprint density at radius 1 is 1.35 bits per heavy atom. The first kappa shape index (κ1) is 17.5. The zero-order valence-corrected chi connectivity index (χ0v) is 14.4. The SMILES string of the molecule is CCN1C(=O)CC[C@H](C(=O)Nc2cc(C#N)ccn2)[C@H]1c1ccncc1. The summed E-state index contributed by atoms with van der Waals surface area (Å²) < 4.78 is 0. The number of hydrogen-bond donors (Lipinski definition) is 1. The molecule has 1 N–H and O–H groups in total. The lowest BCUT2D eigenvalue weighted by atomic mass is 9.84. The molecule has 1 fully saturated rings. The van der Waals surface area contributed by atoms with Crippen LogP contribution in [-0.4, -0.2) is 33.2 Å². The van der Waals surface area contributed by atoms with Crippen molar-refractivity contribution in [2.24, 2.45) is 5.92 Å². The minimum Gasteiger partial charge on any atom is -0.335 e. The van der Waals surface area contributed by atoms with Crippen LogP contribution in [0, 0.1) is 17.2 Å². The van der Waals surface area contributed by atoms with E-state index < -0.39 is 5.92 Å². The van der Waals surface area contributed by atoms with E-state index in [-0.39, 0.29) is 17.9 Å². The number of nitrogens with one attached hydrogen (secondary N) is 1. The van der Waals surface area contributed by atoms with Gasteiger partial charge in [-0.1, -0.05) is 0 Å². The number of anilines is 1. The van der Waals surface area contributed by atoms with Crippen molar-refractivity contribution < 1.29 is 9.59 Å². The molecule has 7 nitrogen and oxygen atoms in total. The molecule has 2 aromatic rings. The standard InChI is InChI=1S/C19H19N5O2/c1-2-24-17(25)4-3-15(18(24)14-6-8-21-9-7-14)19(26)23-16-11-13(12-20)5-10-22-16/h5-11,15,18H,2-4H2,1H3,(H,22,23,26)/t15-,18+/m0/s1. The van der Waals surface area contributed by atoms with Crippen molar-refractivity contribution in [3.63, 3.8) is 0 Å². The molecule has 3 rings (SSSR count). The van der Waals surface area contributed by atoms with Crippen LogP contribution >= 0.6 is 0 Å². The van der Waals surface area contributed by atoms with Crippen LogP contribution in [0.3, 0.4) is 0 Å². The molecule has 2 amide bonds. The highest BCUT2D eigenvalue weighted by Gasteiger charge is 2.40. The third-order valence-electron chi connectivity index (χ3n) is 4.57. The van der Waals surface area contributed by atoms with Crippen molar-refractivity contribution in [3.8, 4) is 6.07 Å². The Balaban J connectivity index is 1.89. The average Bonchev–Trinajstić information content (AvgIpc) is 2.68. The summed E-state index contributed by atoms with van der Waals surface area (Å²) in [5.74, 6) is -0.228. The predicted molar refractivity (Wildman–Crippen MR) is 94.7 cm³/mol. The average molecular weight is 349 g/mol. The van der Waals surface area contributed by atoms with E-state index in [0.29, 0.717) is 30.8 Å². The van der Waals surface area contributed by atoms with Gasteiger partial charge < -0.3 is 10.2 Å². The van der Waals surface area contributed by atoms with Gasteiger partial charge in [0.15, 0.2) is 0 Å². The fourth-order valence-electron chi connectivity index (χ4n) is 3.36. The van der Waals surface area contributed by atoms with Crippen LogP contribution in [0.5, 0.6) is 0 Å². The van der Waals surface area contributed by atoms with Crippen LogP contribution in [0.1, 0.15) is 36.9 Å². The van der Waals surface area contributed by atoms with E-state index in [1.54, 1.807) is 23.4 Å². The lowest BCUT2D eigenvalue weighted by Gasteiger charge is -2.40. The summed E-state index contributed by atoms with van der Waals surface area (Å²) in [5, 5.41) is 11.8. The van der Waals surface area contributed by atoms with Gasteiger partial charge in [-0.15, -0.1) is 0 Å². The second kappa shape index (κ2) is 7.74. The summed E-state index contributed by atoms with van der Waals surface area (Å²) in [4.78, 5) is 35.1. The molecule has 1 aliphatic rings. The van der Waals surface area contributed by atoms with Gasteiger partial charge in [0, 0.05) is 31.6 Å². The summed E-state index contributed by atoms with van der Waals surface area (Å²) >= 11 is 0. The third-order valence-corrected chi connectivity index (χ3v) is 4.57. The van der Waals surface area contributed by atoms with Gasteiger partial charge in [-0.05, 0) is 43.2 Å². The smallest absolute Gasteiger partial charge is 0.231 e. The minimum absolute atomic E-state index is 0.0444. The van der Waals surface area contributed by atoms with E-state index >= 15 is 0 Å². The Hall–Kier alpha value is -3.27. The Morgan fingerprint density at radius 3 is 2.81 bits per heavy atom. The third kappa shape index (κ3) is 3.54. The fourth-order valence-corrected chi connectivity index (χ4v) is 3.36. The van der Waals surface area contributed by atoms with Crippen molar-refractivity contribution >= 4 is 17.6 Å². The molecule has 132 valence electrons. The molecule has 3 heterocycles. The highest BCUT2D eigenvalue weighted by molar-refractivity contribution is 5.94. The monoisotopic (exact) mass is 349 g/mol. The molecule has 0 aromatic carbocycles. The van der Waals surface area contributed by atoms with Gasteiger partial charge in [-0.2, -0.15) is 5.26 Å². The Morgan fingerprint density at radius 2 is 2.12 bits per heavy atom. The minimum atomic E-state index is -0.400. The van der Waals surface area contributed by atoms with Gasteiger partial charge in [0.2, 0.25) is 11.8 Å². The lowest BCUT2D eigenvalue weighted by molar-refractivity contribution is -0.141. The van der Waals surface area contributed by atoms with Crippen molar-refractivity contribution in [1.29, 1.82) is 5.26 Å². The van der Waals surface area contributed by atoms with Gasteiger partial charge in [0.05, 0.1) is 23.6 Å².